The molecule has 0 N–H and O–H groups in total. The molecule has 0 bridgehead atoms. The van der Waals surface area contributed by atoms with Crippen LogP contribution in [0.1, 0.15) is 74.1 Å². The predicted octanol–water partition coefficient (Wildman–Crippen LogP) is 4.65. The van der Waals surface area contributed by atoms with E-state index >= 15 is 0 Å². The zero-order valence-corrected chi connectivity index (χ0v) is 17.8. The van der Waals surface area contributed by atoms with Crippen LogP contribution >= 0.6 is 0 Å². The Morgan fingerprint density at radius 3 is 2.00 bits per heavy atom. The number of likely N-dealkylation sites (tertiary alicyclic amines) is 1. The van der Waals surface area contributed by atoms with Crippen molar-refractivity contribution in [3.05, 3.63) is 11.3 Å². The topological polar surface area (TPSA) is 48.0 Å². The van der Waals surface area contributed by atoms with Crippen molar-refractivity contribution in [2.24, 2.45) is 5.41 Å². The molecule has 1 amide bonds. The molecule has 0 aromatic rings. The highest BCUT2D eigenvalue weighted by atomic mass is 19.1. The minimum Gasteiger partial charge on any atom is -0.444 e. The minimum absolute atomic E-state index is 0.108. The van der Waals surface area contributed by atoms with Gasteiger partial charge in [0.05, 0.1) is 11.2 Å². The maximum atomic E-state index is 15.0. The first kappa shape index (κ1) is 20.7. The number of carbonyl (C=O) groups excluding carboxylic acids is 1. The molecule has 7 heteroatoms. The van der Waals surface area contributed by atoms with Gasteiger partial charge in [0.2, 0.25) is 0 Å². The summed E-state index contributed by atoms with van der Waals surface area (Å²) in [5.41, 5.74) is -0.896. The van der Waals surface area contributed by atoms with Gasteiger partial charge in [-0.2, -0.15) is 0 Å². The van der Waals surface area contributed by atoms with Crippen LogP contribution in [0.3, 0.4) is 0 Å². The van der Waals surface area contributed by atoms with Crippen LogP contribution in [-0.4, -0.2) is 48.0 Å². The maximum Gasteiger partial charge on any atom is 0.525 e. The second kappa shape index (κ2) is 6.48. The molecule has 3 aliphatic rings. The number of hydrogen-bond donors (Lipinski definition) is 0. The highest BCUT2D eigenvalue weighted by Crippen LogP contribution is 2.48. The molecular weight excluding hydrogens is 348 g/mol. The Morgan fingerprint density at radius 2 is 1.56 bits per heavy atom. The van der Waals surface area contributed by atoms with Crippen molar-refractivity contribution in [1.82, 2.24) is 4.90 Å². The fourth-order valence-electron chi connectivity index (χ4n) is 3.97. The molecule has 0 aromatic carbocycles. The monoisotopic (exact) mass is 381 g/mol. The molecule has 152 valence electrons. The van der Waals surface area contributed by atoms with E-state index in [1.54, 1.807) is 4.90 Å². The van der Waals surface area contributed by atoms with Gasteiger partial charge in [0.15, 0.2) is 0 Å². The first-order valence-corrected chi connectivity index (χ1v) is 9.95. The number of halogens is 1. The zero-order chi connectivity index (χ0) is 20.3. The molecule has 0 radical (unpaired) electrons. The summed E-state index contributed by atoms with van der Waals surface area (Å²) in [7, 11) is -0.904. The van der Waals surface area contributed by atoms with Crippen molar-refractivity contribution >= 4 is 13.2 Å². The van der Waals surface area contributed by atoms with Crippen LogP contribution in [0.2, 0.25) is 0 Å². The number of amides is 1. The predicted molar refractivity (Wildman–Crippen MR) is 103 cm³/mol. The zero-order valence-electron chi connectivity index (χ0n) is 17.8. The van der Waals surface area contributed by atoms with Crippen LogP contribution in [0.4, 0.5) is 9.18 Å². The summed E-state index contributed by atoms with van der Waals surface area (Å²) in [5.74, 6) is 0. The van der Waals surface area contributed by atoms with E-state index in [1.807, 2.05) is 48.5 Å². The van der Waals surface area contributed by atoms with Crippen LogP contribution in [-0.2, 0) is 14.0 Å². The number of hydrogen-bond acceptors (Lipinski definition) is 4. The Labute approximate surface area is 162 Å². The molecule has 0 aromatic heterocycles. The molecule has 2 heterocycles. The Hall–Kier alpha value is -1.08. The van der Waals surface area contributed by atoms with Gasteiger partial charge in [-0.15, -0.1) is 0 Å². The Kier molecular flexibility index (Phi) is 4.96. The quantitative estimate of drug-likeness (QED) is 0.621. The van der Waals surface area contributed by atoms with E-state index in [0.29, 0.717) is 25.9 Å². The summed E-state index contributed by atoms with van der Waals surface area (Å²) in [6.07, 6.45) is 2.90. The third-order valence-electron chi connectivity index (χ3n) is 6.42. The Morgan fingerprint density at radius 1 is 1.07 bits per heavy atom. The van der Waals surface area contributed by atoms with E-state index in [9.17, 15) is 9.18 Å². The van der Waals surface area contributed by atoms with Crippen molar-refractivity contribution in [3.63, 3.8) is 0 Å². The van der Waals surface area contributed by atoms with Gasteiger partial charge >= 0.3 is 13.2 Å². The summed E-state index contributed by atoms with van der Waals surface area (Å²) in [6, 6.07) is 0. The molecule has 1 spiro atoms. The van der Waals surface area contributed by atoms with E-state index in [4.69, 9.17) is 14.0 Å². The third kappa shape index (κ3) is 4.04. The second-order valence-corrected chi connectivity index (χ2v) is 10.4. The molecule has 2 aliphatic heterocycles. The number of rotatable bonds is 1. The number of carbonyl (C=O) groups is 1. The maximum absolute atomic E-state index is 15.0. The lowest BCUT2D eigenvalue weighted by Crippen LogP contribution is -2.60. The number of allylic oxidation sites excluding steroid dienone is 1. The van der Waals surface area contributed by atoms with E-state index in [-0.39, 0.29) is 17.2 Å². The minimum atomic E-state index is -0.904. The Bertz CT molecular complexity index is 619. The first-order chi connectivity index (χ1) is 12.2. The summed E-state index contributed by atoms with van der Waals surface area (Å²) >= 11 is 0. The fraction of sp³-hybridized carbons (Fsp3) is 0.850. The summed E-state index contributed by atoms with van der Waals surface area (Å²) in [5, 5.41) is 0. The van der Waals surface area contributed by atoms with E-state index in [1.165, 1.54) is 0 Å². The van der Waals surface area contributed by atoms with Crippen LogP contribution < -0.4 is 0 Å². The molecular formula is C20H33BFNO4. The average molecular weight is 381 g/mol. The molecule has 1 saturated carbocycles. The smallest absolute Gasteiger partial charge is 0.444 e. The SMILES string of the molecule is CC(C)(C)OC(=O)N1CC2(CCC(=C(F)B3OC(C)(C)C(C)(C)O3)CC2)C1. The average Bonchev–Trinajstić information content (AvgIpc) is 2.70. The molecule has 0 unspecified atom stereocenters. The molecule has 3 rings (SSSR count). The normalized spacial score (nSPS) is 26.1. The summed E-state index contributed by atoms with van der Waals surface area (Å²) in [6.45, 7) is 14.7. The molecule has 1 aliphatic carbocycles. The Balaban J connectivity index is 1.56. The lowest BCUT2D eigenvalue weighted by Gasteiger charge is -2.52. The van der Waals surface area contributed by atoms with Crippen molar-refractivity contribution < 1.29 is 23.2 Å². The third-order valence-corrected chi connectivity index (χ3v) is 6.42. The van der Waals surface area contributed by atoms with Gasteiger partial charge in [-0.25, -0.2) is 9.18 Å². The number of ether oxygens (including phenoxy) is 1. The fourth-order valence-corrected chi connectivity index (χ4v) is 3.97. The molecule has 5 nitrogen and oxygen atoms in total. The summed E-state index contributed by atoms with van der Waals surface area (Å²) < 4.78 is 32.1. The first-order valence-electron chi connectivity index (χ1n) is 9.95. The molecule has 3 fully saturated rings. The number of nitrogens with zero attached hydrogens (tertiary/aromatic N) is 1. The van der Waals surface area contributed by atoms with Gasteiger partial charge in [-0.3, -0.25) is 0 Å². The second-order valence-electron chi connectivity index (χ2n) is 10.4. The molecule has 2 saturated heterocycles. The van der Waals surface area contributed by atoms with Crippen molar-refractivity contribution in [3.8, 4) is 0 Å². The molecule has 0 atom stereocenters. The van der Waals surface area contributed by atoms with Crippen LogP contribution in [0.5, 0.6) is 0 Å². The standard InChI is InChI=1S/C20H33BFNO4/c1-17(2,3)25-16(24)23-12-20(13-23)10-8-14(9-11-20)15(22)21-26-18(4,5)19(6,7)27-21/h8-13H2,1-7H3. The van der Waals surface area contributed by atoms with Crippen molar-refractivity contribution in [2.45, 2.75) is 91.0 Å². The lowest BCUT2D eigenvalue weighted by atomic mass is 9.66. The van der Waals surface area contributed by atoms with Crippen LogP contribution in [0.15, 0.2) is 11.3 Å². The van der Waals surface area contributed by atoms with Gasteiger partial charge in [0, 0.05) is 18.5 Å². The van der Waals surface area contributed by atoms with Crippen LogP contribution in [0, 0.1) is 5.41 Å². The lowest BCUT2D eigenvalue weighted by molar-refractivity contribution is -0.0447. The summed E-state index contributed by atoms with van der Waals surface area (Å²) in [4.78, 5) is 13.9. The van der Waals surface area contributed by atoms with E-state index < -0.39 is 23.9 Å². The van der Waals surface area contributed by atoms with Crippen LogP contribution in [0.25, 0.3) is 0 Å². The van der Waals surface area contributed by atoms with Gasteiger partial charge in [0.25, 0.3) is 0 Å². The largest absolute Gasteiger partial charge is 0.525 e. The highest BCUT2D eigenvalue weighted by molar-refractivity contribution is 6.53. The van der Waals surface area contributed by atoms with Gasteiger partial charge in [0.1, 0.15) is 11.3 Å². The highest BCUT2D eigenvalue weighted by Gasteiger charge is 2.54. The van der Waals surface area contributed by atoms with Gasteiger partial charge < -0.3 is 18.9 Å². The van der Waals surface area contributed by atoms with Gasteiger partial charge in [-0.1, -0.05) is 0 Å². The van der Waals surface area contributed by atoms with E-state index in [0.717, 1.165) is 18.4 Å². The van der Waals surface area contributed by atoms with Crippen molar-refractivity contribution in [2.75, 3.05) is 13.1 Å². The van der Waals surface area contributed by atoms with Crippen molar-refractivity contribution in [1.29, 1.82) is 0 Å². The van der Waals surface area contributed by atoms with E-state index in [2.05, 4.69) is 0 Å². The molecule has 27 heavy (non-hydrogen) atoms. The van der Waals surface area contributed by atoms with Gasteiger partial charge in [-0.05, 0) is 79.7 Å².